The number of nitrogens with zero attached hydrogens (tertiary/aromatic N) is 2. The molecule has 0 aliphatic carbocycles. The van der Waals surface area contributed by atoms with Gasteiger partial charge in [-0.15, -0.1) is 0 Å². The quantitative estimate of drug-likeness (QED) is 0.565. The van der Waals surface area contributed by atoms with Gasteiger partial charge in [-0.2, -0.15) is 4.31 Å². The van der Waals surface area contributed by atoms with E-state index in [9.17, 15) is 22.4 Å². The first-order valence-electron chi connectivity index (χ1n) is 11.9. The Kier molecular flexibility index (Phi) is 7.21. The number of ether oxygens (including phenoxy) is 1. The second kappa shape index (κ2) is 9.87. The van der Waals surface area contributed by atoms with Gasteiger partial charge in [-0.25, -0.2) is 12.8 Å². The molecule has 11 heteroatoms. The van der Waals surface area contributed by atoms with Gasteiger partial charge in [-0.3, -0.25) is 9.59 Å². The number of fused-ring (bicyclic) bond motifs is 2. The summed E-state index contributed by atoms with van der Waals surface area (Å²) in [5.74, 6) is -1.45. The number of sulfonamides is 1. The SMILES string of the molecule is CC[C@@H](C)C(=O)N[C@@H](COC)C(=O)N1CC[C@@H]2[C@H]1[C@@H](c1c[nH]c3cc(F)ccc13)CN2S(C)(=O)=O. The molecular weight excluding hydrogens is 475 g/mol. The van der Waals surface area contributed by atoms with Crippen LogP contribution in [0, 0.1) is 11.7 Å². The summed E-state index contributed by atoms with van der Waals surface area (Å²) in [5, 5.41) is 3.61. The third-order valence-corrected chi connectivity index (χ3v) is 8.64. The maximum absolute atomic E-state index is 13.8. The summed E-state index contributed by atoms with van der Waals surface area (Å²) in [7, 11) is -2.05. The summed E-state index contributed by atoms with van der Waals surface area (Å²) in [6.07, 6.45) is 4.09. The van der Waals surface area contributed by atoms with Crippen molar-refractivity contribution >= 4 is 32.7 Å². The van der Waals surface area contributed by atoms with E-state index in [4.69, 9.17) is 4.74 Å². The molecule has 0 unspecified atom stereocenters. The zero-order chi connectivity index (χ0) is 25.5. The van der Waals surface area contributed by atoms with E-state index in [1.165, 1.54) is 29.8 Å². The van der Waals surface area contributed by atoms with Gasteiger partial charge >= 0.3 is 0 Å². The lowest BCUT2D eigenvalue weighted by molar-refractivity contribution is -0.139. The molecule has 35 heavy (non-hydrogen) atoms. The predicted octanol–water partition coefficient (Wildman–Crippen LogP) is 1.81. The Morgan fingerprint density at radius 3 is 2.74 bits per heavy atom. The van der Waals surface area contributed by atoms with Gasteiger partial charge in [-0.1, -0.05) is 13.8 Å². The first-order valence-corrected chi connectivity index (χ1v) is 13.7. The molecule has 2 saturated heterocycles. The molecule has 2 fully saturated rings. The molecule has 1 aromatic heterocycles. The molecule has 192 valence electrons. The normalized spacial score (nSPS) is 24.5. The molecule has 9 nitrogen and oxygen atoms in total. The van der Waals surface area contributed by atoms with Crippen LogP contribution in [0.25, 0.3) is 10.9 Å². The van der Waals surface area contributed by atoms with Crippen molar-refractivity contribution < 1.29 is 27.1 Å². The van der Waals surface area contributed by atoms with Crippen molar-refractivity contribution in [1.82, 2.24) is 19.5 Å². The Labute approximate surface area is 205 Å². The molecule has 0 radical (unpaired) electrons. The largest absolute Gasteiger partial charge is 0.382 e. The van der Waals surface area contributed by atoms with Crippen LogP contribution in [0.2, 0.25) is 0 Å². The fourth-order valence-electron chi connectivity index (χ4n) is 5.43. The third kappa shape index (κ3) is 4.81. The van der Waals surface area contributed by atoms with Crippen molar-refractivity contribution in [3.8, 4) is 0 Å². The van der Waals surface area contributed by atoms with E-state index in [0.717, 1.165) is 10.9 Å². The lowest BCUT2D eigenvalue weighted by Crippen LogP contribution is -2.54. The molecule has 2 aliphatic heterocycles. The van der Waals surface area contributed by atoms with Crippen LogP contribution >= 0.6 is 0 Å². The highest BCUT2D eigenvalue weighted by Crippen LogP contribution is 2.44. The van der Waals surface area contributed by atoms with Crippen LogP contribution in [0.3, 0.4) is 0 Å². The molecule has 0 bridgehead atoms. The number of carbonyl (C=O) groups is 2. The van der Waals surface area contributed by atoms with Crippen molar-refractivity contribution in [2.24, 2.45) is 5.92 Å². The fraction of sp³-hybridized carbons (Fsp3) is 0.583. The average molecular weight is 509 g/mol. The van der Waals surface area contributed by atoms with E-state index in [-0.39, 0.29) is 48.7 Å². The molecular formula is C24H33FN4O5S. The number of halogens is 1. The highest BCUT2D eigenvalue weighted by molar-refractivity contribution is 7.88. The summed E-state index contributed by atoms with van der Waals surface area (Å²) >= 11 is 0. The van der Waals surface area contributed by atoms with E-state index < -0.39 is 22.1 Å². The number of hydrogen-bond donors (Lipinski definition) is 2. The second-order valence-corrected chi connectivity index (χ2v) is 11.5. The van der Waals surface area contributed by atoms with E-state index in [0.29, 0.717) is 24.9 Å². The lowest BCUT2D eigenvalue weighted by atomic mass is 9.91. The summed E-state index contributed by atoms with van der Waals surface area (Å²) in [6.45, 7) is 4.30. The van der Waals surface area contributed by atoms with Gasteiger partial charge in [0.15, 0.2) is 0 Å². The van der Waals surface area contributed by atoms with Crippen LogP contribution in [0.1, 0.15) is 38.2 Å². The van der Waals surface area contributed by atoms with E-state index in [2.05, 4.69) is 10.3 Å². The van der Waals surface area contributed by atoms with Crippen LogP contribution in [0.5, 0.6) is 0 Å². The first-order chi connectivity index (χ1) is 16.6. The van der Waals surface area contributed by atoms with Gasteiger partial charge < -0.3 is 19.9 Å². The first kappa shape index (κ1) is 25.6. The lowest BCUT2D eigenvalue weighted by Gasteiger charge is -2.32. The van der Waals surface area contributed by atoms with Crippen molar-refractivity contribution in [1.29, 1.82) is 0 Å². The Bertz CT molecular complexity index is 1220. The molecule has 1 aromatic carbocycles. The number of rotatable bonds is 8. The molecule has 2 aliphatic rings. The third-order valence-electron chi connectivity index (χ3n) is 7.37. The summed E-state index contributed by atoms with van der Waals surface area (Å²) in [4.78, 5) is 31.0. The van der Waals surface area contributed by atoms with Crippen LogP contribution < -0.4 is 5.32 Å². The van der Waals surface area contributed by atoms with Gasteiger partial charge in [0.25, 0.3) is 0 Å². The van der Waals surface area contributed by atoms with Crippen molar-refractivity contribution in [2.45, 2.75) is 50.7 Å². The average Bonchev–Trinajstić information content (AvgIpc) is 3.50. The molecule has 0 saturated carbocycles. The van der Waals surface area contributed by atoms with Gasteiger partial charge in [0.1, 0.15) is 11.9 Å². The molecule has 3 heterocycles. The number of carbonyl (C=O) groups excluding carboxylic acids is 2. The Balaban J connectivity index is 1.70. The minimum absolute atomic E-state index is 0.0156. The summed E-state index contributed by atoms with van der Waals surface area (Å²) in [6, 6.07) is 2.78. The second-order valence-electron chi connectivity index (χ2n) is 9.58. The number of methoxy groups -OCH3 is 1. The number of H-pyrrole nitrogens is 1. The Hall–Kier alpha value is -2.50. The number of aromatic nitrogens is 1. The smallest absolute Gasteiger partial charge is 0.247 e. The molecule has 4 rings (SSSR count). The molecule has 2 aromatic rings. The Morgan fingerprint density at radius 2 is 2.09 bits per heavy atom. The van der Waals surface area contributed by atoms with E-state index in [1.807, 2.05) is 6.92 Å². The number of nitrogens with one attached hydrogen (secondary N) is 2. The Morgan fingerprint density at radius 1 is 1.34 bits per heavy atom. The predicted molar refractivity (Wildman–Crippen MR) is 130 cm³/mol. The summed E-state index contributed by atoms with van der Waals surface area (Å²) in [5.41, 5.74) is 1.45. The highest BCUT2D eigenvalue weighted by atomic mass is 32.2. The maximum Gasteiger partial charge on any atom is 0.247 e. The molecule has 5 atom stereocenters. The highest BCUT2D eigenvalue weighted by Gasteiger charge is 2.54. The van der Waals surface area contributed by atoms with E-state index in [1.54, 1.807) is 24.1 Å². The zero-order valence-electron chi connectivity index (χ0n) is 20.5. The van der Waals surface area contributed by atoms with Crippen molar-refractivity contribution in [3.63, 3.8) is 0 Å². The van der Waals surface area contributed by atoms with Crippen LogP contribution in [0.4, 0.5) is 4.39 Å². The molecule has 2 amide bonds. The summed E-state index contributed by atoms with van der Waals surface area (Å²) < 4.78 is 45.8. The van der Waals surface area contributed by atoms with Crippen LogP contribution in [-0.4, -0.2) is 85.6 Å². The van der Waals surface area contributed by atoms with Crippen molar-refractivity contribution in [2.75, 3.05) is 33.1 Å². The number of amides is 2. The standard InChI is InChI=1S/C24H33FN4O5S/c1-5-14(2)23(30)27-20(13-34-3)24(31)28-9-8-21-22(28)18(12-29(21)35(4,32)33)17-11-26-19-10-15(25)6-7-16(17)19/h6-7,10-11,14,18,20-22,26H,5,8-9,12-13H2,1-4H3,(H,27,30)/t14-,18-,20+,21-,22-/m1/s1. The topological polar surface area (TPSA) is 112 Å². The van der Waals surface area contributed by atoms with Crippen molar-refractivity contribution in [3.05, 3.63) is 35.8 Å². The van der Waals surface area contributed by atoms with Crippen LogP contribution in [0.15, 0.2) is 24.4 Å². The monoisotopic (exact) mass is 508 g/mol. The molecule has 0 spiro atoms. The minimum Gasteiger partial charge on any atom is -0.382 e. The van der Waals surface area contributed by atoms with Crippen LogP contribution in [-0.2, 0) is 24.3 Å². The van der Waals surface area contributed by atoms with E-state index >= 15 is 0 Å². The zero-order valence-corrected chi connectivity index (χ0v) is 21.3. The van der Waals surface area contributed by atoms with Gasteiger partial charge in [-0.05, 0) is 36.6 Å². The van der Waals surface area contributed by atoms with Gasteiger partial charge in [0.2, 0.25) is 21.8 Å². The number of likely N-dealkylation sites (tertiary alicyclic amines) is 1. The minimum atomic E-state index is -3.52. The fourth-order valence-corrected chi connectivity index (χ4v) is 6.58. The van der Waals surface area contributed by atoms with Gasteiger partial charge in [0.05, 0.1) is 18.9 Å². The van der Waals surface area contributed by atoms with Gasteiger partial charge in [0, 0.05) is 55.2 Å². The maximum atomic E-state index is 13.8. The number of aromatic amines is 1. The number of hydrogen-bond acceptors (Lipinski definition) is 5. The number of benzene rings is 1. The molecule has 2 N–H and O–H groups in total.